The van der Waals surface area contributed by atoms with Crippen molar-refractivity contribution in [1.82, 2.24) is 10.3 Å². The third-order valence-corrected chi connectivity index (χ3v) is 7.65. The Kier molecular flexibility index (Phi) is 7.40. The molecule has 0 aliphatic carbocycles. The fraction of sp³-hybridized carbons (Fsp3) is 0.368. The number of benzene rings is 1. The molecule has 0 unspecified atom stereocenters. The first-order valence-corrected chi connectivity index (χ1v) is 11.2. The van der Waals surface area contributed by atoms with Gasteiger partial charge < -0.3 is 10.1 Å². The van der Waals surface area contributed by atoms with Crippen LogP contribution in [0.2, 0.25) is 0 Å². The van der Waals surface area contributed by atoms with Crippen LogP contribution in [0.1, 0.15) is 19.4 Å². The largest absolute Gasteiger partial charge is 0.496 e. The van der Waals surface area contributed by atoms with Crippen molar-refractivity contribution in [3.8, 4) is 5.75 Å². The van der Waals surface area contributed by atoms with E-state index in [2.05, 4.69) is 10.3 Å². The van der Waals surface area contributed by atoms with Crippen LogP contribution in [0.4, 0.5) is 13.2 Å². The molecule has 30 heavy (non-hydrogen) atoms. The van der Waals surface area contributed by atoms with Gasteiger partial charge >= 0.3 is 6.18 Å². The highest BCUT2D eigenvalue weighted by Gasteiger charge is 2.44. The smallest absolute Gasteiger partial charge is 0.417 e. The highest BCUT2D eigenvalue weighted by atomic mass is 32.2. The van der Waals surface area contributed by atoms with Crippen LogP contribution in [0.15, 0.2) is 52.5 Å². The van der Waals surface area contributed by atoms with Gasteiger partial charge in [0.05, 0.1) is 12.7 Å². The number of hydrogen-bond donors (Lipinski definition) is 1. The number of sulfone groups is 1. The molecule has 11 heteroatoms. The molecule has 0 aliphatic heterocycles. The zero-order valence-electron chi connectivity index (χ0n) is 16.5. The van der Waals surface area contributed by atoms with Crippen LogP contribution in [-0.2, 0) is 20.8 Å². The molecular formula is C19H21F3N2O4S2. The Balaban J connectivity index is 2.03. The molecule has 2 rings (SSSR count). The van der Waals surface area contributed by atoms with Gasteiger partial charge in [-0.05, 0) is 38.1 Å². The predicted octanol–water partition coefficient (Wildman–Crippen LogP) is 3.57. The molecule has 1 N–H and O–H groups in total. The molecule has 6 nitrogen and oxygen atoms in total. The number of carbonyl (C=O) groups is 1. The number of pyridine rings is 1. The molecule has 2 aromatic rings. The molecule has 1 heterocycles. The van der Waals surface area contributed by atoms with Gasteiger partial charge in [-0.3, -0.25) is 4.79 Å². The number of rotatable bonds is 8. The summed E-state index contributed by atoms with van der Waals surface area (Å²) >= 11 is 1.42. The molecule has 0 fully saturated rings. The minimum absolute atomic E-state index is 0.181. The van der Waals surface area contributed by atoms with E-state index >= 15 is 0 Å². The Morgan fingerprint density at radius 2 is 1.83 bits per heavy atom. The highest BCUT2D eigenvalue weighted by Crippen LogP contribution is 2.31. The van der Waals surface area contributed by atoms with Crippen LogP contribution in [-0.4, -0.2) is 43.5 Å². The van der Waals surface area contributed by atoms with Gasteiger partial charge in [-0.25, -0.2) is 13.4 Å². The van der Waals surface area contributed by atoms with E-state index in [4.69, 9.17) is 4.74 Å². The Bertz CT molecular complexity index is 992. The van der Waals surface area contributed by atoms with E-state index in [1.807, 2.05) is 18.2 Å². The zero-order chi connectivity index (χ0) is 22.6. The van der Waals surface area contributed by atoms with E-state index in [9.17, 15) is 26.4 Å². The maximum absolute atomic E-state index is 12.8. The van der Waals surface area contributed by atoms with Gasteiger partial charge in [0.2, 0.25) is 15.7 Å². The SMILES string of the molecule is COc1ccccc1SCCNC(=O)C(C)(C)S(=O)(=O)c1ccc(C(F)(F)F)cn1. The maximum Gasteiger partial charge on any atom is 0.417 e. The quantitative estimate of drug-likeness (QED) is 0.477. The van der Waals surface area contributed by atoms with Crippen LogP contribution in [0.25, 0.3) is 0 Å². The summed E-state index contributed by atoms with van der Waals surface area (Å²) in [6.45, 7) is 2.55. The lowest BCUT2D eigenvalue weighted by atomic mass is 10.2. The molecule has 0 bridgehead atoms. The van der Waals surface area contributed by atoms with Crippen molar-refractivity contribution in [2.45, 2.75) is 34.7 Å². The van der Waals surface area contributed by atoms with Crippen molar-refractivity contribution >= 4 is 27.5 Å². The summed E-state index contributed by atoms with van der Waals surface area (Å²) in [5.74, 6) is 0.371. The van der Waals surface area contributed by atoms with E-state index in [1.165, 1.54) is 25.6 Å². The number of nitrogens with zero attached hydrogens (tertiary/aromatic N) is 1. The van der Waals surface area contributed by atoms with Gasteiger partial charge in [-0.15, -0.1) is 11.8 Å². The second kappa shape index (κ2) is 9.25. The number of thioether (sulfide) groups is 1. The Hall–Kier alpha value is -2.27. The van der Waals surface area contributed by atoms with E-state index < -0.39 is 37.3 Å². The summed E-state index contributed by atoms with van der Waals surface area (Å²) in [7, 11) is -2.77. The van der Waals surface area contributed by atoms with Crippen LogP contribution >= 0.6 is 11.8 Å². The van der Waals surface area contributed by atoms with Gasteiger partial charge in [-0.2, -0.15) is 13.2 Å². The van der Waals surface area contributed by atoms with Gasteiger partial charge in [0.15, 0.2) is 9.77 Å². The third kappa shape index (κ3) is 5.25. The molecule has 164 valence electrons. The molecule has 1 aromatic heterocycles. The number of carbonyl (C=O) groups excluding carboxylic acids is 1. The topological polar surface area (TPSA) is 85.4 Å². The van der Waals surface area contributed by atoms with Crippen LogP contribution < -0.4 is 10.1 Å². The minimum Gasteiger partial charge on any atom is -0.496 e. The monoisotopic (exact) mass is 462 g/mol. The van der Waals surface area contributed by atoms with Crippen molar-refractivity contribution < 1.29 is 31.1 Å². The number of alkyl halides is 3. The van der Waals surface area contributed by atoms with Crippen molar-refractivity contribution in [1.29, 1.82) is 0 Å². The molecule has 0 spiro atoms. The molecule has 0 atom stereocenters. The highest BCUT2D eigenvalue weighted by molar-refractivity contribution is 7.99. The normalized spacial score (nSPS) is 12.5. The molecule has 0 saturated carbocycles. The van der Waals surface area contributed by atoms with E-state index in [0.717, 1.165) is 11.0 Å². The van der Waals surface area contributed by atoms with Gasteiger partial charge in [0.25, 0.3) is 0 Å². The summed E-state index contributed by atoms with van der Waals surface area (Å²) in [6.07, 6.45) is -4.20. The summed E-state index contributed by atoms with van der Waals surface area (Å²) in [5, 5.41) is 1.96. The van der Waals surface area contributed by atoms with Crippen LogP contribution in [0.3, 0.4) is 0 Å². The Morgan fingerprint density at radius 3 is 2.40 bits per heavy atom. The third-order valence-electron chi connectivity index (χ3n) is 4.27. The molecule has 0 saturated heterocycles. The molecule has 0 radical (unpaired) electrons. The molecular weight excluding hydrogens is 441 g/mol. The summed E-state index contributed by atoms with van der Waals surface area (Å²) in [5.41, 5.74) is -1.07. The number of halogens is 3. The lowest BCUT2D eigenvalue weighted by molar-refractivity contribution is -0.137. The average molecular weight is 463 g/mol. The summed E-state index contributed by atoms with van der Waals surface area (Å²) in [6, 6.07) is 8.70. The minimum atomic E-state index is -4.64. The molecule has 1 aromatic carbocycles. The van der Waals surface area contributed by atoms with Crippen molar-refractivity contribution in [2.24, 2.45) is 0 Å². The standard InChI is InChI=1S/C19H21F3N2O4S2/c1-18(2,30(26,27)16-9-8-13(12-24-16)19(20,21)22)17(25)23-10-11-29-15-7-5-4-6-14(15)28-3/h4-9,12H,10-11H2,1-3H3,(H,23,25). The van der Waals surface area contributed by atoms with Crippen LogP contribution in [0.5, 0.6) is 5.75 Å². The van der Waals surface area contributed by atoms with E-state index in [1.54, 1.807) is 13.2 Å². The Labute approximate surface area is 177 Å². The molecule has 0 aliphatic rings. The van der Waals surface area contributed by atoms with Crippen molar-refractivity contribution in [3.63, 3.8) is 0 Å². The Morgan fingerprint density at radius 1 is 1.17 bits per heavy atom. The lowest BCUT2D eigenvalue weighted by Crippen LogP contribution is -2.48. The number of ether oxygens (including phenoxy) is 1. The maximum atomic E-state index is 12.8. The number of hydrogen-bond acceptors (Lipinski definition) is 6. The van der Waals surface area contributed by atoms with E-state index in [-0.39, 0.29) is 6.54 Å². The van der Waals surface area contributed by atoms with Crippen molar-refractivity contribution in [3.05, 3.63) is 48.2 Å². The fourth-order valence-electron chi connectivity index (χ4n) is 2.37. The lowest BCUT2D eigenvalue weighted by Gasteiger charge is -2.23. The average Bonchev–Trinajstić information content (AvgIpc) is 2.70. The second-order valence-corrected chi connectivity index (χ2v) is 10.2. The predicted molar refractivity (Wildman–Crippen MR) is 107 cm³/mol. The number of para-hydroxylation sites is 1. The number of aromatic nitrogens is 1. The van der Waals surface area contributed by atoms with Gasteiger partial charge in [0.1, 0.15) is 5.75 Å². The fourth-order valence-corrected chi connectivity index (χ4v) is 4.54. The number of amides is 1. The van der Waals surface area contributed by atoms with Gasteiger partial charge in [0, 0.05) is 23.4 Å². The number of nitrogens with one attached hydrogen (secondary N) is 1. The summed E-state index contributed by atoms with van der Waals surface area (Å²) < 4.78 is 66.8. The summed E-state index contributed by atoms with van der Waals surface area (Å²) in [4.78, 5) is 16.8. The second-order valence-electron chi connectivity index (χ2n) is 6.65. The first kappa shape index (κ1) is 24.0. The molecule has 1 amide bonds. The van der Waals surface area contributed by atoms with E-state index in [0.29, 0.717) is 23.8 Å². The zero-order valence-corrected chi connectivity index (χ0v) is 18.1. The first-order chi connectivity index (χ1) is 13.9. The van der Waals surface area contributed by atoms with Crippen LogP contribution in [0, 0.1) is 0 Å². The van der Waals surface area contributed by atoms with Crippen molar-refractivity contribution in [2.75, 3.05) is 19.4 Å². The van der Waals surface area contributed by atoms with Gasteiger partial charge in [-0.1, -0.05) is 12.1 Å². The first-order valence-electron chi connectivity index (χ1n) is 8.73. The number of methoxy groups -OCH3 is 1.